The largest absolute Gasteiger partial charge is 0.383 e. The first-order valence-electron chi connectivity index (χ1n) is 5.39. The first-order chi connectivity index (χ1) is 8.60. The Balaban J connectivity index is 2.90. The summed E-state index contributed by atoms with van der Waals surface area (Å²) >= 11 is 6.56. The molecule has 100 valence electrons. The summed E-state index contributed by atoms with van der Waals surface area (Å²) in [7, 11) is 1.58. The third kappa shape index (κ3) is 4.33. The summed E-state index contributed by atoms with van der Waals surface area (Å²) in [6.45, 7) is 1.47. The maximum Gasteiger partial charge on any atom is 0.255 e. The fourth-order valence-corrected chi connectivity index (χ4v) is 2.29. The van der Waals surface area contributed by atoms with Crippen molar-refractivity contribution in [3.05, 3.63) is 34.1 Å². The Morgan fingerprint density at radius 3 is 2.78 bits per heavy atom. The zero-order valence-electron chi connectivity index (χ0n) is 9.96. The minimum absolute atomic E-state index is 0.210. The van der Waals surface area contributed by atoms with Crippen LogP contribution in [0, 0.1) is 5.82 Å². The molecule has 0 aliphatic carbocycles. The molecule has 0 spiro atoms. The molecule has 18 heavy (non-hydrogen) atoms. The van der Waals surface area contributed by atoms with Crippen molar-refractivity contribution in [2.45, 2.75) is 0 Å². The highest BCUT2D eigenvalue weighted by Gasteiger charge is 2.18. The Bertz CT molecular complexity index is 415. The van der Waals surface area contributed by atoms with Crippen LogP contribution in [0.15, 0.2) is 22.7 Å². The van der Waals surface area contributed by atoms with E-state index in [-0.39, 0.29) is 5.91 Å². The summed E-state index contributed by atoms with van der Waals surface area (Å²) in [5, 5.41) is 0.662. The van der Waals surface area contributed by atoms with Crippen molar-refractivity contribution in [3.63, 3.8) is 0 Å². The Morgan fingerprint density at radius 1 is 1.44 bits per heavy atom. The summed E-state index contributed by atoms with van der Waals surface area (Å²) in [5.74, 6) is -0.634. The molecule has 0 unspecified atom stereocenters. The Kier molecular flexibility index (Phi) is 6.81. The van der Waals surface area contributed by atoms with Crippen molar-refractivity contribution in [3.8, 4) is 0 Å². The molecule has 6 heteroatoms. The van der Waals surface area contributed by atoms with E-state index in [1.165, 1.54) is 18.2 Å². The molecule has 0 atom stereocenters. The second kappa shape index (κ2) is 7.86. The number of hydrogen-bond donors (Lipinski definition) is 0. The van der Waals surface area contributed by atoms with E-state index in [0.29, 0.717) is 35.1 Å². The summed E-state index contributed by atoms with van der Waals surface area (Å²) in [4.78, 5) is 13.9. The average molecular weight is 383 g/mol. The van der Waals surface area contributed by atoms with Crippen LogP contribution in [-0.4, -0.2) is 42.9 Å². The highest BCUT2D eigenvalue weighted by molar-refractivity contribution is 9.10. The molecule has 0 N–H and O–H groups in total. The average Bonchev–Trinajstić information content (AvgIpc) is 2.36. The third-order valence-corrected chi connectivity index (χ3v) is 3.41. The number of ether oxygens (including phenoxy) is 1. The van der Waals surface area contributed by atoms with Gasteiger partial charge in [-0.05, 0) is 34.1 Å². The minimum atomic E-state index is -0.424. The summed E-state index contributed by atoms with van der Waals surface area (Å²) in [5.41, 5.74) is 0.326. The SMILES string of the molecule is COCCN(CCBr)C(=O)c1cc(F)ccc1Br. The molecule has 0 saturated carbocycles. The maximum absolute atomic E-state index is 13.2. The van der Waals surface area contributed by atoms with Gasteiger partial charge in [-0.1, -0.05) is 15.9 Å². The van der Waals surface area contributed by atoms with Crippen LogP contribution in [0.5, 0.6) is 0 Å². The van der Waals surface area contributed by atoms with Gasteiger partial charge in [0.1, 0.15) is 5.82 Å². The van der Waals surface area contributed by atoms with Gasteiger partial charge in [0.25, 0.3) is 5.91 Å². The molecular formula is C12H14Br2FNO2. The zero-order valence-corrected chi connectivity index (χ0v) is 13.1. The number of methoxy groups -OCH3 is 1. The number of carbonyl (C=O) groups is 1. The lowest BCUT2D eigenvalue weighted by Gasteiger charge is -2.22. The van der Waals surface area contributed by atoms with Crippen LogP contribution < -0.4 is 0 Å². The summed E-state index contributed by atoms with van der Waals surface area (Å²) in [6.07, 6.45) is 0. The highest BCUT2D eigenvalue weighted by Crippen LogP contribution is 2.19. The first-order valence-corrected chi connectivity index (χ1v) is 7.30. The summed E-state index contributed by atoms with van der Waals surface area (Å²) < 4.78 is 18.7. The summed E-state index contributed by atoms with van der Waals surface area (Å²) in [6, 6.07) is 4.08. The predicted molar refractivity (Wildman–Crippen MR) is 75.7 cm³/mol. The first kappa shape index (κ1) is 15.6. The lowest BCUT2D eigenvalue weighted by Crippen LogP contribution is -2.35. The molecule has 1 aromatic rings. The minimum Gasteiger partial charge on any atom is -0.383 e. The number of rotatable bonds is 6. The topological polar surface area (TPSA) is 29.5 Å². The molecule has 1 rings (SSSR count). The van der Waals surface area contributed by atoms with Gasteiger partial charge >= 0.3 is 0 Å². The van der Waals surface area contributed by atoms with E-state index in [4.69, 9.17) is 4.74 Å². The van der Waals surface area contributed by atoms with Gasteiger partial charge in [0.15, 0.2) is 0 Å². The molecule has 0 bridgehead atoms. The zero-order chi connectivity index (χ0) is 13.5. The number of halogens is 3. The normalized spacial score (nSPS) is 10.4. The smallest absolute Gasteiger partial charge is 0.255 e. The van der Waals surface area contributed by atoms with Gasteiger partial charge in [-0.25, -0.2) is 4.39 Å². The molecule has 0 fully saturated rings. The van der Waals surface area contributed by atoms with Crippen molar-refractivity contribution in [1.29, 1.82) is 0 Å². The molecule has 1 aromatic carbocycles. The molecule has 3 nitrogen and oxygen atoms in total. The van der Waals surface area contributed by atoms with E-state index in [1.54, 1.807) is 12.0 Å². The molecule has 0 aliphatic heterocycles. The number of amides is 1. The van der Waals surface area contributed by atoms with Crippen LogP contribution in [0.2, 0.25) is 0 Å². The maximum atomic E-state index is 13.2. The third-order valence-electron chi connectivity index (χ3n) is 2.37. The lowest BCUT2D eigenvalue weighted by molar-refractivity contribution is 0.0707. The molecule has 0 radical (unpaired) electrons. The van der Waals surface area contributed by atoms with E-state index in [1.807, 2.05) is 0 Å². The predicted octanol–water partition coefficient (Wildman–Crippen LogP) is 3.07. The lowest BCUT2D eigenvalue weighted by atomic mass is 10.2. The Labute approximate surface area is 123 Å². The number of nitrogens with zero attached hydrogens (tertiary/aromatic N) is 1. The molecule has 0 aliphatic rings. The Morgan fingerprint density at radius 2 is 2.17 bits per heavy atom. The fraction of sp³-hybridized carbons (Fsp3) is 0.417. The van der Waals surface area contributed by atoms with Gasteiger partial charge < -0.3 is 9.64 Å². The van der Waals surface area contributed by atoms with Gasteiger partial charge in [-0.3, -0.25) is 4.79 Å². The number of alkyl halides is 1. The van der Waals surface area contributed by atoms with Gasteiger partial charge in [0.2, 0.25) is 0 Å². The number of hydrogen-bond acceptors (Lipinski definition) is 2. The van der Waals surface area contributed by atoms with Gasteiger partial charge in [-0.2, -0.15) is 0 Å². The second-order valence-corrected chi connectivity index (χ2v) is 5.25. The molecule has 0 saturated heterocycles. The van der Waals surface area contributed by atoms with E-state index < -0.39 is 5.82 Å². The van der Waals surface area contributed by atoms with Crippen molar-refractivity contribution in [1.82, 2.24) is 4.90 Å². The van der Waals surface area contributed by atoms with E-state index in [9.17, 15) is 9.18 Å². The van der Waals surface area contributed by atoms with Crippen molar-refractivity contribution in [2.24, 2.45) is 0 Å². The van der Waals surface area contributed by atoms with Gasteiger partial charge in [0.05, 0.1) is 12.2 Å². The molecule has 0 aromatic heterocycles. The Hall–Kier alpha value is -0.460. The van der Waals surface area contributed by atoms with Crippen LogP contribution in [-0.2, 0) is 4.74 Å². The second-order valence-electron chi connectivity index (χ2n) is 3.60. The number of carbonyl (C=O) groups excluding carboxylic acids is 1. The van der Waals surface area contributed by atoms with Crippen LogP contribution in [0.1, 0.15) is 10.4 Å². The molecule has 0 heterocycles. The van der Waals surface area contributed by atoms with Crippen LogP contribution >= 0.6 is 31.9 Å². The van der Waals surface area contributed by atoms with E-state index >= 15 is 0 Å². The van der Waals surface area contributed by atoms with Gasteiger partial charge in [-0.15, -0.1) is 0 Å². The van der Waals surface area contributed by atoms with E-state index in [0.717, 1.165) is 0 Å². The van der Waals surface area contributed by atoms with Crippen molar-refractivity contribution in [2.75, 3.05) is 32.1 Å². The van der Waals surface area contributed by atoms with Gasteiger partial charge in [0, 0.05) is 30.0 Å². The fourth-order valence-electron chi connectivity index (χ4n) is 1.45. The molecular weight excluding hydrogens is 369 g/mol. The van der Waals surface area contributed by atoms with Crippen molar-refractivity contribution >= 4 is 37.8 Å². The monoisotopic (exact) mass is 381 g/mol. The number of benzene rings is 1. The van der Waals surface area contributed by atoms with E-state index in [2.05, 4.69) is 31.9 Å². The molecule has 1 amide bonds. The highest BCUT2D eigenvalue weighted by atomic mass is 79.9. The quantitative estimate of drug-likeness (QED) is 0.707. The standard InChI is InChI=1S/C12H14Br2FNO2/c1-18-7-6-16(5-4-13)12(17)10-8-9(15)2-3-11(10)14/h2-3,8H,4-7H2,1H3. The van der Waals surface area contributed by atoms with Crippen LogP contribution in [0.25, 0.3) is 0 Å². The van der Waals surface area contributed by atoms with Crippen LogP contribution in [0.4, 0.5) is 4.39 Å². The van der Waals surface area contributed by atoms with Crippen molar-refractivity contribution < 1.29 is 13.9 Å². The van der Waals surface area contributed by atoms with Crippen LogP contribution in [0.3, 0.4) is 0 Å².